The van der Waals surface area contributed by atoms with E-state index in [0.29, 0.717) is 6.04 Å². The van der Waals surface area contributed by atoms with Crippen molar-refractivity contribution in [2.24, 2.45) is 5.92 Å². The van der Waals surface area contributed by atoms with Crippen LogP contribution in [0.4, 0.5) is 0 Å². The summed E-state index contributed by atoms with van der Waals surface area (Å²) in [7, 11) is 0. The molecule has 2 nitrogen and oxygen atoms in total. The van der Waals surface area contributed by atoms with Gasteiger partial charge in [0.2, 0.25) is 0 Å². The highest BCUT2D eigenvalue weighted by Gasteiger charge is 2.18. The highest BCUT2D eigenvalue weighted by molar-refractivity contribution is 7.99. The summed E-state index contributed by atoms with van der Waals surface area (Å²) >= 11 is 7.83. The second-order valence-corrected chi connectivity index (χ2v) is 6.84. The van der Waals surface area contributed by atoms with Crippen molar-refractivity contribution >= 4 is 23.4 Å². The molecule has 0 bridgehead atoms. The van der Waals surface area contributed by atoms with Crippen LogP contribution in [0.25, 0.3) is 0 Å². The quantitative estimate of drug-likeness (QED) is 0.761. The van der Waals surface area contributed by atoms with Gasteiger partial charge in [0.25, 0.3) is 0 Å². The summed E-state index contributed by atoms with van der Waals surface area (Å²) in [6, 6.07) is 8.72. The van der Waals surface area contributed by atoms with Gasteiger partial charge in [0.15, 0.2) is 0 Å². The second kappa shape index (κ2) is 8.93. The zero-order valence-corrected chi connectivity index (χ0v) is 13.7. The van der Waals surface area contributed by atoms with Crippen LogP contribution in [0.15, 0.2) is 29.2 Å². The third kappa shape index (κ3) is 5.65. The van der Waals surface area contributed by atoms with E-state index in [1.807, 2.05) is 23.9 Å². The number of benzene rings is 1. The Morgan fingerprint density at radius 3 is 2.65 bits per heavy atom. The zero-order valence-electron chi connectivity index (χ0n) is 12.1. The largest absolute Gasteiger partial charge is 0.381 e. The van der Waals surface area contributed by atoms with Gasteiger partial charge < -0.3 is 10.1 Å². The molecule has 20 heavy (non-hydrogen) atoms. The van der Waals surface area contributed by atoms with E-state index >= 15 is 0 Å². The minimum absolute atomic E-state index is 0.587. The van der Waals surface area contributed by atoms with E-state index < -0.39 is 0 Å². The highest BCUT2D eigenvalue weighted by atomic mass is 35.5. The first-order valence-electron chi connectivity index (χ1n) is 7.47. The SMILES string of the molecule is CCNC(CSc1ccc(Cl)cc1)CC1CCOCC1. The lowest BCUT2D eigenvalue weighted by Crippen LogP contribution is -2.34. The van der Waals surface area contributed by atoms with E-state index in [9.17, 15) is 0 Å². The highest BCUT2D eigenvalue weighted by Crippen LogP contribution is 2.25. The summed E-state index contributed by atoms with van der Waals surface area (Å²) in [5, 5.41) is 4.43. The van der Waals surface area contributed by atoms with Crippen LogP contribution in [0, 0.1) is 5.92 Å². The molecule has 0 amide bonds. The topological polar surface area (TPSA) is 21.3 Å². The monoisotopic (exact) mass is 313 g/mol. The smallest absolute Gasteiger partial charge is 0.0468 e. The van der Waals surface area contributed by atoms with Crippen molar-refractivity contribution < 1.29 is 4.74 Å². The van der Waals surface area contributed by atoms with Crippen molar-refractivity contribution in [1.29, 1.82) is 0 Å². The first-order valence-corrected chi connectivity index (χ1v) is 8.83. The Labute approximate surface area is 131 Å². The molecule has 1 aromatic rings. The van der Waals surface area contributed by atoms with Crippen LogP contribution in [0.1, 0.15) is 26.2 Å². The van der Waals surface area contributed by atoms with Crippen LogP contribution in [-0.2, 0) is 4.74 Å². The van der Waals surface area contributed by atoms with Gasteiger partial charge in [-0.2, -0.15) is 0 Å². The molecule has 1 N–H and O–H groups in total. The summed E-state index contributed by atoms with van der Waals surface area (Å²) in [5.41, 5.74) is 0. The zero-order chi connectivity index (χ0) is 14.2. The average Bonchev–Trinajstić information content (AvgIpc) is 2.48. The number of hydrogen-bond donors (Lipinski definition) is 1. The van der Waals surface area contributed by atoms with Crippen molar-refractivity contribution in [1.82, 2.24) is 5.32 Å². The number of thioether (sulfide) groups is 1. The molecule has 0 radical (unpaired) electrons. The molecule has 1 fully saturated rings. The van der Waals surface area contributed by atoms with Gasteiger partial charge in [0.1, 0.15) is 0 Å². The minimum Gasteiger partial charge on any atom is -0.381 e. The van der Waals surface area contributed by atoms with E-state index in [0.717, 1.165) is 36.5 Å². The van der Waals surface area contributed by atoms with Crippen LogP contribution in [0.3, 0.4) is 0 Å². The Morgan fingerprint density at radius 1 is 1.30 bits per heavy atom. The first-order chi connectivity index (χ1) is 9.78. The number of nitrogens with one attached hydrogen (secondary N) is 1. The summed E-state index contributed by atoms with van der Waals surface area (Å²) in [4.78, 5) is 1.30. The molecule has 2 rings (SSSR count). The van der Waals surface area contributed by atoms with E-state index in [2.05, 4.69) is 24.4 Å². The summed E-state index contributed by atoms with van der Waals surface area (Å²) in [6.45, 7) is 5.10. The van der Waals surface area contributed by atoms with Crippen LogP contribution in [0.5, 0.6) is 0 Å². The van der Waals surface area contributed by atoms with E-state index in [-0.39, 0.29) is 0 Å². The van der Waals surface area contributed by atoms with Gasteiger partial charge in [0, 0.05) is 34.9 Å². The second-order valence-electron chi connectivity index (χ2n) is 5.31. The van der Waals surface area contributed by atoms with Crippen LogP contribution < -0.4 is 5.32 Å². The van der Waals surface area contributed by atoms with Crippen LogP contribution >= 0.6 is 23.4 Å². The van der Waals surface area contributed by atoms with Gasteiger partial charge in [0.05, 0.1) is 0 Å². The molecule has 1 unspecified atom stereocenters. The van der Waals surface area contributed by atoms with Crippen molar-refractivity contribution in [3.8, 4) is 0 Å². The maximum atomic E-state index is 5.92. The maximum Gasteiger partial charge on any atom is 0.0468 e. The van der Waals surface area contributed by atoms with Gasteiger partial charge >= 0.3 is 0 Å². The molecule has 1 heterocycles. The van der Waals surface area contributed by atoms with Crippen molar-refractivity contribution in [2.45, 2.75) is 37.1 Å². The van der Waals surface area contributed by atoms with E-state index in [4.69, 9.17) is 16.3 Å². The molecular weight excluding hydrogens is 290 g/mol. The van der Waals surface area contributed by atoms with Crippen LogP contribution in [0.2, 0.25) is 5.02 Å². The predicted molar refractivity (Wildman–Crippen MR) is 87.8 cm³/mol. The Bertz CT molecular complexity index is 379. The Morgan fingerprint density at radius 2 is 2.00 bits per heavy atom. The van der Waals surface area contributed by atoms with Crippen molar-refractivity contribution in [3.05, 3.63) is 29.3 Å². The molecule has 1 atom stereocenters. The molecular formula is C16H24ClNOS. The Hall–Kier alpha value is -0.220. The summed E-state index contributed by atoms with van der Waals surface area (Å²) < 4.78 is 5.44. The number of ether oxygens (including phenoxy) is 1. The maximum absolute atomic E-state index is 5.92. The lowest BCUT2D eigenvalue weighted by Gasteiger charge is -2.27. The lowest BCUT2D eigenvalue weighted by molar-refractivity contribution is 0.0614. The van der Waals surface area contributed by atoms with Gasteiger partial charge in [-0.15, -0.1) is 11.8 Å². The van der Waals surface area contributed by atoms with Gasteiger partial charge in [-0.1, -0.05) is 18.5 Å². The number of rotatable bonds is 7. The third-order valence-corrected chi connectivity index (χ3v) is 5.14. The fraction of sp³-hybridized carbons (Fsp3) is 0.625. The fourth-order valence-electron chi connectivity index (χ4n) is 2.61. The minimum atomic E-state index is 0.587. The standard InChI is InChI=1S/C16H24ClNOS/c1-2-18-15(11-13-7-9-19-10-8-13)12-20-16-5-3-14(17)4-6-16/h3-6,13,15,18H,2,7-12H2,1H3. The Kier molecular flexibility index (Phi) is 7.22. The number of hydrogen-bond acceptors (Lipinski definition) is 3. The molecule has 0 aromatic heterocycles. The normalized spacial score (nSPS) is 18.1. The fourth-order valence-corrected chi connectivity index (χ4v) is 3.71. The molecule has 0 spiro atoms. The molecule has 0 aliphatic carbocycles. The molecule has 1 aliphatic rings. The van der Waals surface area contributed by atoms with Gasteiger partial charge in [-0.25, -0.2) is 0 Å². The summed E-state index contributed by atoms with van der Waals surface area (Å²) in [6.07, 6.45) is 3.69. The molecule has 1 aliphatic heterocycles. The molecule has 1 aromatic carbocycles. The summed E-state index contributed by atoms with van der Waals surface area (Å²) in [5.74, 6) is 1.94. The third-order valence-electron chi connectivity index (χ3n) is 3.72. The molecule has 4 heteroatoms. The van der Waals surface area contributed by atoms with Crippen molar-refractivity contribution in [3.63, 3.8) is 0 Å². The first kappa shape index (κ1) is 16.2. The predicted octanol–water partition coefficient (Wildman–Crippen LogP) is 4.23. The van der Waals surface area contributed by atoms with Crippen LogP contribution in [-0.4, -0.2) is 31.6 Å². The van der Waals surface area contributed by atoms with Crippen molar-refractivity contribution in [2.75, 3.05) is 25.5 Å². The Balaban J connectivity index is 1.80. The van der Waals surface area contributed by atoms with E-state index in [1.165, 1.54) is 24.2 Å². The number of halogens is 1. The average molecular weight is 314 g/mol. The molecule has 0 saturated carbocycles. The van der Waals surface area contributed by atoms with Gasteiger partial charge in [-0.05, 0) is 56.0 Å². The molecule has 112 valence electrons. The molecule has 1 saturated heterocycles. The van der Waals surface area contributed by atoms with Gasteiger partial charge in [-0.3, -0.25) is 0 Å². The van der Waals surface area contributed by atoms with E-state index in [1.54, 1.807) is 0 Å². The lowest BCUT2D eigenvalue weighted by atomic mass is 9.93.